The lowest BCUT2D eigenvalue weighted by molar-refractivity contribution is -0.0909. The minimum Gasteiger partial charge on any atom is -0.395 e. The molecule has 1 aromatic rings. The van der Waals surface area contributed by atoms with Crippen LogP contribution < -0.4 is 0 Å². The summed E-state index contributed by atoms with van der Waals surface area (Å²) in [5, 5.41) is 21.3. The molecule has 1 aromatic carbocycles. The first-order valence-electron chi connectivity index (χ1n) is 5.70. The summed E-state index contributed by atoms with van der Waals surface area (Å²) in [6.45, 7) is 2.41. The molecule has 0 aromatic heterocycles. The van der Waals surface area contributed by atoms with Crippen LogP contribution in [0.4, 0.5) is 0 Å². The summed E-state index contributed by atoms with van der Waals surface area (Å²) in [5.74, 6) is 0. The van der Waals surface area contributed by atoms with Gasteiger partial charge in [-0.2, -0.15) is 0 Å². The molecule has 1 rings (SSSR count). The molecule has 0 heterocycles. The van der Waals surface area contributed by atoms with Crippen LogP contribution in [0.2, 0.25) is 16.9 Å². The number of halogens is 2. The van der Waals surface area contributed by atoms with E-state index in [4.69, 9.17) is 33.1 Å². The van der Waals surface area contributed by atoms with Gasteiger partial charge < -0.3 is 15.0 Å². The molecule has 4 nitrogen and oxygen atoms in total. The summed E-state index contributed by atoms with van der Waals surface area (Å²) >= 11 is 11.7. The van der Waals surface area contributed by atoms with Crippen molar-refractivity contribution in [1.82, 2.24) is 5.06 Å². The minimum absolute atomic E-state index is 0.0336. The lowest BCUT2D eigenvalue weighted by Crippen LogP contribution is -2.32. The lowest BCUT2D eigenvalue weighted by Gasteiger charge is -2.24. The Bertz CT molecular complexity index is 375. The van der Waals surface area contributed by atoms with Gasteiger partial charge in [0.25, 0.3) is 0 Å². The Morgan fingerprint density at radius 1 is 1.39 bits per heavy atom. The normalized spacial score (nSPS) is 12.8. The highest BCUT2D eigenvalue weighted by atomic mass is 35.5. The average Bonchev–Trinajstić information content (AvgIpc) is 2.33. The van der Waals surface area contributed by atoms with E-state index in [-0.39, 0.29) is 13.2 Å². The number of hydrogen-bond acceptors (Lipinski definition) is 4. The molecule has 1 atom stereocenters. The van der Waals surface area contributed by atoms with E-state index in [1.807, 2.05) is 6.82 Å². The molecule has 0 radical (unpaired) electrons. The third kappa shape index (κ3) is 4.76. The molecule has 0 aliphatic rings. The topological polar surface area (TPSA) is 52.9 Å². The van der Waals surface area contributed by atoms with Gasteiger partial charge in [-0.25, -0.2) is 5.06 Å². The number of aliphatic hydroxyl groups excluding tert-OH is 2. The Kier molecular flexibility index (Phi) is 7.00. The second-order valence-corrected chi connectivity index (χ2v) is 4.53. The number of benzene rings is 1. The maximum Gasteiger partial charge on any atom is 0.301 e. The van der Waals surface area contributed by atoms with Gasteiger partial charge in [0, 0.05) is 6.54 Å². The molecule has 0 unspecified atom stereocenters. The molecule has 0 amide bonds. The van der Waals surface area contributed by atoms with Gasteiger partial charge >= 0.3 is 7.48 Å². The molecule has 18 heavy (non-hydrogen) atoms. The van der Waals surface area contributed by atoms with Crippen LogP contribution in [-0.4, -0.2) is 42.5 Å². The van der Waals surface area contributed by atoms with Gasteiger partial charge in [0.15, 0.2) is 0 Å². The van der Waals surface area contributed by atoms with Crippen molar-refractivity contribution in [1.29, 1.82) is 0 Å². The predicted molar refractivity (Wildman–Crippen MR) is 74.2 cm³/mol. The summed E-state index contributed by atoms with van der Waals surface area (Å²) in [7, 11) is 0.480. The highest BCUT2D eigenvalue weighted by molar-refractivity contribution is 6.42. The first kappa shape index (κ1) is 15.8. The fraction of sp³-hybridized carbons (Fsp3) is 0.455. The van der Waals surface area contributed by atoms with Crippen LogP contribution in [0.25, 0.3) is 0 Å². The maximum absolute atomic E-state index is 10.1. The fourth-order valence-corrected chi connectivity index (χ4v) is 1.83. The Labute approximate surface area is 117 Å². The SMILES string of the molecule is CBON(CCO)C[C@H](O)c1ccc(Cl)c(Cl)c1. The number of hydrogen-bond donors (Lipinski definition) is 2. The molecule has 0 aliphatic carbocycles. The molecule has 0 aliphatic heterocycles. The zero-order valence-corrected chi connectivity index (χ0v) is 11.7. The maximum atomic E-state index is 10.1. The van der Waals surface area contributed by atoms with E-state index in [0.29, 0.717) is 29.6 Å². The van der Waals surface area contributed by atoms with E-state index in [1.54, 1.807) is 18.2 Å². The fourth-order valence-electron chi connectivity index (χ4n) is 1.52. The Morgan fingerprint density at radius 3 is 2.67 bits per heavy atom. The van der Waals surface area contributed by atoms with Crippen molar-refractivity contribution in [2.75, 3.05) is 19.7 Å². The van der Waals surface area contributed by atoms with Crippen LogP contribution >= 0.6 is 23.2 Å². The van der Waals surface area contributed by atoms with Crippen molar-refractivity contribution in [3.05, 3.63) is 33.8 Å². The van der Waals surface area contributed by atoms with Crippen molar-refractivity contribution < 1.29 is 15.0 Å². The molecule has 0 bridgehead atoms. The molecule has 7 heteroatoms. The molecule has 100 valence electrons. The summed E-state index contributed by atoms with van der Waals surface area (Å²) < 4.78 is 5.28. The smallest absolute Gasteiger partial charge is 0.301 e. The summed E-state index contributed by atoms with van der Waals surface area (Å²) in [5.41, 5.74) is 0.659. The molecule has 0 fully saturated rings. The quantitative estimate of drug-likeness (QED) is 0.592. The molecule has 2 N–H and O–H groups in total. The van der Waals surface area contributed by atoms with Crippen LogP contribution in [0.15, 0.2) is 18.2 Å². The van der Waals surface area contributed by atoms with Crippen molar-refractivity contribution in [2.24, 2.45) is 0 Å². The van der Waals surface area contributed by atoms with Crippen LogP contribution in [0.3, 0.4) is 0 Å². The largest absolute Gasteiger partial charge is 0.395 e. The first-order chi connectivity index (χ1) is 8.58. The Morgan fingerprint density at radius 2 is 2.11 bits per heavy atom. The predicted octanol–water partition coefficient (Wildman–Crippen LogP) is 1.65. The van der Waals surface area contributed by atoms with Crippen LogP contribution in [0, 0.1) is 0 Å². The molecule has 0 saturated heterocycles. The number of rotatable bonds is 7. The molecule has 0 spiro atoms. The minimum atomic E-state index is -0.752. The Balaban J connectivity index is 2.67. The third-order valence-corrected chi connectivity index (χ3v) is 3.11. The highest BCUT2D eigenvalue weighted by Gasteiger charge is 2.14. The van der Waals surface area contributed by atoms with Gasteiger partial charge in [0.2, 0.25) is 0 Å². The zero-order valence-electron chi connectivity index (χ0n) is 10.1. The monoisotopic (exact) mass is 291 g/mol. The molecule has 0 saturated carbocycles. The van der Waals surface area contributed by atoms with Crippen LogP contribution in [0.1, 0.15) is 11.7 Å². The average molecular weight is 292 g/mol. The van der Waals surface area contributed by atoms with E-state index < -0.39 is 6.10 Å². The van der Waals surface area contributed by atoms with Gasteiger partial charge in [-0.1, -0.05) is 36.1 Å². The Hall–Kier alpha value is -0.295. The summed E-state index contributed by atoms with van der Waals surface area (Å²) in [6.07, 6.45) is -0.752. The van der Waals surface area contributed by atoms with E-state index in [1.165, 1.54) is 5.06 Å². The second-order valence-electron chi connectivity index (χ2n) is 3.72. The number of hydroxylamine groups is 2. The van der Waals surface area contributed by atoms with Gasteiger partial charge in [-0.15, -0.1) is 0 Å². The van der Waals surface area contributed by atoms with Gasteiger partial charge in [-0.05, 0) is 17.7 Å². The molecular weight excluding hydrogens is 276 g/mol. The number of nitrogens with zero attached hydrogens (tertiary/aromatic N) is 1. The van der Waals surface area contributed by atoms with E-state index in [9.17, 15) is 5.11 Å². The van der Waals surface area contributed by atoms with Gasteiger partial charge in [0.1, 0.15) is 0 Å². The lowest BCUT2D eigenvalue weighted by atomic mass is 10.1. The third-order valence-electron chi connectivity index (χ3n) is 2.37. The second kappa shape index (κ2) is 7.99. The standard InChI is InChI=1S/C11H16BCl2NO3/c1-12-18-15(4-5-16)7-11(17)8-2-3-9(13)10(14)6-8/h2-3,6,11-12,16-17H,4-5,7H2,1H3/t11-/m0/s1. The van der Waals surface area contributed by atoms with E-state index >= 15 is 0 Å². The summed E-state index contributed by atoms with van der Waals surface area (Å²) in [4.78, 5) is 0. The van der Waals surface area contributed by atoms with Crippen molar-refractivity contribution in [3.63, 3.8) is 0 Å². The van der Waals surface area contributed by atoms with Crippen LogP contribution in [-0.2, 0) is 4.76 Å². The van der Waals surface area contributed by atoms with Crippen LogP contribution in [0.5, 0.6) is 0 Å². The van der Waals surface area contributed by atoms with Gasteiger partial charge in [0.05, 0.1) is 29.3 Å². The van der Waals surface area contributed by atoms with E-state index in [0.717, 1.165) is 0 Å². The number of aliphatic hydroxyl groups is 2. The van der Waals surface area contributed by atoms with Crippen molar-refractivity contribution >= 4 is 30.7 Å². The van der Waals surface area contributed by atoms with Crippen molar-refractivity contribution in [3.8, 4) is 0 Å². The highest BCUT2D eigenvalue weighted by Crippen LogP contribution is 2.26. The first-order valence-corrected chi connectivity index (χ1v) is 6.45. The van der Waals surface area contributed by atoms with Gasteiger partial charge in [-0.3, -0.25) is 0 Å². The zero-order chi connectivity index (χ0) is 13.5. The van der Waals surface area contributed by atoms with Crippen molar-refractivity contribution in [2.45, 2.75) is 12.9 Å². The van der Waals surface area contributed by atoms with E-state index in [2.05, 4.69) is 0 Å². The summed E-state index contributed by atoms with van der Waals surface area (Å²) in [6, 6.07) is 4.97. The molecular formula is C11H16BCl2NO3.